The molecule has 2 aromatic heterocycles. The highest BCUT2D eigenvalue weighted by Crippen LogP contribution is 2.36. The Labute approximate surface area is 149 Å². The molecule has 6 nitrogen and oxygen atoms in total. The van der Waals surface area contributed by atoms with Crippen LogP contribution in [0.2, 0.25) is 0 Å². The Morgan fingerprint density at radius 2 is 2.00 bits per heavy atom. The van der Waals surface area contributed by atoms with Crippen LogP contribution in [0, 0.1) is 0 Å². The number of thioether (sulfide) groups is 1. The van der Waals surface area contributed by atoms with E-state index in [-0.39, 0.29) is 10.8 Å². The van der Waals surface area contributed by atoms with Crippen LogP contribution in [0.15, 0.2) is 38.7 Å². The maximum absolute atomic E-state index is 12.2. The molecule has 1 atom stereocenters. The Bertz CT molecular complexity index is 930. The van der Waals surface area contributed by atoms with Crippen molar-refractivity contribution < 1.29 is 4.42 Å². The molecule has 2 heterocycles. The van der Waals surface area contributed by atoms with E-state index in [2.05, 4.69) is 20.2 Å². The minimum atomic E-state index is -0.124. The molecule has 0 aliphatic heterocycles. The fourth-order valence-corrected chi connectivity index (χ4v) is 4.03. The van der Waals surface area contributed by atoms with Crippen LogP contribution < -0.4 is 5.56 Å². The van der Waals surface area contributed by atoms with Gasteiger partial charge in [-0.3, -0.25) is 4.79 Å². The van der Waals surface area contributed by atoms with Crippen LogP contribution in [0.4, 0.5) is 0 Å². The lowest BCUT2D eigenvalue weighted by atomic mass is 9.89. The maximum atomic E-state index is 12.2. The summed E-state index contributed by atoms with van der Waals surface area (Å²) in [5.74, 6) is 1.75. The second kappa shape index (κ2) is 7.00. The molecule has 1 saturated carbocycles. The molecule has 0 spiro atoms. The van der Waals surface area contributed by atoms with Crippen molar-refractivity contribution in [2.24, 2.45) is 0 Å². The van der Waals surface area contributed by atoms with E-state index in [9.17, 15) is 4.79 Å². The number of nitrogens with zero attached hydrogens (tertiary/aromatic N) is 3. The van der Waals surface area contributed by atoms with Crippen molar-refractivity contribution in [3.63, 3.8) is 0 Å². The van der Waals surface area contributed by atoms with Gasteiger partial charge in [-0.2, -0.15) is 0 Å². The first-order valence-corrected chi connectivity index (χ1v) is 9.57. The number of hydrogen-bond acceptors (Lipinski definition) is 6. The van der Waals surface area contributed by atoms with Gasteiger partial charge in [0.05, 0.1) is 16.2 Å². The van der Waals surface area contributed by atoms with Gasteiger partial charge >= 0.3 is 0 Å². The molecule has 1 fully saturated rings. The first-order chi connectivity index (χ1) is 12.2. The van der Waals surface area contributed by atoms with Crippen molar-refractivity contribution in [1.82, 2.24) is 20.2 Å². The van der Waals surface area contributed by atoms with Gasteiger partial charge in [-0.05, 0) is 31.9 Å². The lowest BCUT2D eigenvalue weighted by Gasteiger charge is -2.17. The van der Waals surface area contributed by atoms with Crippen molar-refractivity contribution >= 4 is 22.7 Å². The molecule has 0 unspecified atom stereocenters. The first kappa shape index (κ1) is 16.3. The average Bonchev–Trinajstić information content (AvgIpc) is 3.11. The number of benzene rings is 1. The second-order valence-corrected chi connectivity index (χ2v) is 7.76. The number of para-hydroxylation sites is 1. The van der Waals surface area contributed by atoms with Crippen molar-refractivity contribution in [2.45, 2.75) is 55.4 Å². The van der Waals surface area contributed by atoms with Gasteiger partial charge in [0, 0.05) is 5.92 Å². The quantitative estimate of drug-likeness (QED) is 0.705. The third-order valence-electron chi connectivity index (χ3n) is 4.67. The summed E-state index contributed by atoms with van der Waals surface area (Å²) >= 11 is 1.43. The van der Waals surface area contributed by atoms with Crippen molar-refractivity contribution in [3.8, 4) is 0 Å². The third kappa shape index (κ3) is 3.46. The van der Waals surface area contributed by atoms with Gasteiger partial charge in [0.2, 0.25) is 5.89 Å². The normalized spacial score (nSPS) is 17.0. The zero-order valence-electron chi connectivity index (χ0n) is 14.1. The minimum absolute atomic E-state index is 0.0861. The van der Waals surface area contributed by atoms with Gasteiger partial charge in [0.1, 0.15) is 5.82 Å². The highest BCUT2D eigenvalue weighted by atomic mass is 32.2. The molecule has 1 aliphatic rings. The smallest absolute Gasteiger partial charge is 0.277 e. The van der Waals surface area contributed by atoms with Crippen LogP contribution >= 0.6 is 11.8 Å². The predicted molar refractivity (Wildman–Crippen MR) is 96.8 cm³/mol. The van der Waals surface area contributed by atoms with E-state index in [1.807, 2.05) is 25.1 Å². The van der Waals surface area contributed by atoms with Gasteiger partial charge in [0.15, 0.2) is 0 Å². The van der Waals surface area contributed by atoms with E-state index in [0.29, 0.717) is 27.9 Å². The molecule has 0 saturated heterocycles. The predicted octanol–water partition coefficient (Wildman–Crippen LogP) is 4.21. The lowest BCUT2D eigenvalue weighted by molar-refractivity contribution is 0.334. The Kier molecular flexibility index (Phi) is 4.57. The summed E-state index contributed by atoms with van der Waals surface area (Å²) in [6.07, 6.45) is 6.01. The van der Waals surface area contributed by atoms with Crippen molar-refractivity contribution in [3.05, 3.63) is 46.3 Å². The topological polar surface area (TPSA) is 84.7 Å². The van der Waals surface area contributed by atoms with Crippen LogP contribution in [-0.2, 0) is 0 Å². The van der Waals surface area contributed by atoms with Crippen LogP contribution in [0.1, 0.15) is 61.9 Å². The van der Waals surface area contributed by atoms with Gasteiger partial charge in [0.25, 0.3) is 10.8 Å². The summed E-state index contributed by atoms with van der Waals surface area (Å²) in [4.78, 5) is 19.6. The summed E-state index contributed by atoms with van der Waals surface area (Å²) in [7, 11) is 0. The largest absolute Gasteiger partial charge is 0.416 e. The molecular formula is C18H20N4O2S. The summed E-state index contributed by atoms with van der Waals surface area (Å²) in [5, 5.41) is 9.44. The zero-order chi connectivity index (χ0) is 17.2. The number of H-pyrrole nitrogens is 1. The van der Waals surface area contributed by atoms with Gasteiger partial charge < -0.3 is 9.40 Å². The highest BCUT2D eigenvalue weighted by Gasteiger charge is 2.22. The lowest BCUT2D eigenvalue weighted by Crippen LogP contribution is -2.12. The van der Waals surface area contributed by atoms with Crippen molar-refractivity contribution in [1.29, 1.82) is 0 Å². The maximum Gasteiger partial charge on any atom is 0.277 e. The molecular weight excluding hydrogens is 336 g/mol. The number of aromatic amines is 1. The SMILES string of the molecule is C[C@H](Sc1nnc(C2CCCCC2)o1)c1nc2ccccc2c(=O)[nH]1. The van der Waals surface area contributed by atoms with Crippen LogP contribution in [0.3, 0.4) is 0 Å². The molecule has 1 aliphatic carbocycles. The summed E-state index contributed by atoms with van der Waals surface area (Å²) in [5.41, 5.74) is 0.573. The molecule has 7 heteroatoms. The average molecular weight is 356 g/mol. The molecule has 1 aromatic carbocycles. The molecule has 25 heavy (non-hydrogen) atoms. The molecule has 130 valence electrons. The van der Waals surface area contributed by atoms with Gasteiger partial charge in [-0.15, -0.1) is 10.2 Å². The molecule has 0 bridgehead atoms. The highest BCUT2D eigenvalue weighted by molar-refractivity contribution is 7.99. The molecule has 3 aromatic rings. The minimum Gasteiger partial charge on any atom is -0.416 e. The Hall–Kier alpha value is -2.15. The summed E-state index contributed by atoms with van der Waals surface area (Å²) in [6.45, 7) is 1.97. The molecule has 0 radical (unpaired) electrons. The summed E-state index contributed by atoms with van der Waals surface area (Å²) < 4.78 is 5.85. The molecule has 0 amide bonds. The number of rotatable bonds is 4. The fourth-order valence-electron chi connectivity index (χ4n) is 3.29. The number of hydrogen-bond donors (Lipinski definition) is 1. The van der Waals surface area contributed by atoms with E-state index >= 15 is 0 Å². The van der Waals surface area contributed by atoms with Crippen LogP contribution in [0.5, 0.6) is 0 Å². The fraction of sp³-hybridized carbons (Fsp3) is 0.444. The number of nitrogens with one attached hydrogen (secondary N) is 1. The van der Waals surface area contributed by atoms with E-state index in [1.165, 1.54) is 31.0 Å². The van der Waals surface area contributed by atoms with Crippen LogP contribution in [0.25, 0.3) is 10.9 Å². The Balaban J connectivity index is 1.53. The summed E-state index contributed by atoms with van der Waals surface area (Å²) in [6, 6.07) is 7.34. The second-order valence-electron chi connectivity index (χ2n) is 6.47. The van der Waals surface area contributed by atoms with E-state index in [0.717, 1.165) is 18.7 Å². The molecule has 4 rings (SSSR count). The monoisotopic (exact) mass is 356 g/mol. The Morgan fingerprint density at radius 3 is 2.84 bits per heavy atom. The third-order valence-corrected chi connectivity index (χ3v) is 5.61. The zero-order valence-corrected chi connectivity index (χ0v) is 14.9. The molecule has 1 N–H and O–H groups in total. The van der Waals surface area contributed by atoms with E-state index < -0.39 is 0 Å². The van der Waals surface area contributed by atoms with Crippen LogP contribution in [-0.4, -0.2) is 20.2 Å². The standard InChI is InChI=1S/C18H20N4O2S/c1-11(15-19-14-10-6-5-9-13(14)16(23)20-15)25-18-22-21-17(24-18)12-7-3-2-4-8-12/h5-6,9-12H,2-4,7-8H2,1H3,(H,19,20,23)/t11-/m0/s1. The first-order valence-electron chi connectivity index (χ1n) is 8.70. The van der Waals surface area contributed by atoms with Gasteiger partial charge in [-0.25, -0.2) is 4.98 Å². The number of fused-ring (bicyclic) bond motifs is 1. The Morgan fingerprint density at radius 1 is 1.20 bits per heavy atom. The van der Waals surface area contributed by atoms with Gasteiger partial charge in [-0.1, -0.05) is 43.2 Å². The van der Waals surface area contributed by atoms with E-state index in [4.69, 9.17) is 4.42 Å². The number of aromatic nitrogens is 4. The van der Waals surface area contributed by atoms with Crippen molar-refractivity contribution in [2.75, 3.05) is 0 Å². The van der Waals surface area contributed by atoms with E-state index in [1.54, 1.807) is 6.07 Å².